The van der Waals surface area contributed by atoms with E-state index in [1.54, 1.807) is 47.1 Å². The van der Waals surface area contributed by atoms with E-state index in [4.69, 9.17) is 21.1 Å². The zero-order chi connectivity index (χ0) is 28.5. The number of aryl methyl sites for hydroxylation is 1. The molecule has 1 saturated heterocycles. The Balaban J connectivity index is 1.26. The van der Waals surface area contributed by atoms with Gasteiger partial charge in [-0.1, -0.05) is 17.7 Å². The highest BCUT2D eigenvalue weighted by Crippen LogP contribution is 2.30. The van der Waals surface area contributed by atoms with Crippen LogP contribution >= 0.6 is 11.6 Å². The summed E-state index contributed by atoms with van der Waals surface area (Å²) in [4.78, 5) is 31.6. The first-order chi connectivity index (χ1) is 19.9. The highest BCUT2D eigenvalue weighted by Gasteiger charge is 2.23. The third-order valence-corrected chi connectivity index (χ3v) is 7.32. The second kappa shape index (κ2) is 11.1. The predicted molar refractivity (Wildman–Crippen MR) is 158 cm³/mol. The number of anilines is 1. The largest absolute Gasteiger partial charge is 0.457 e. The first-order valence-corrected chi connectivity index (χ1v) is 13.6. The van der Waals surface area contributed by atoms with E-state index in [9.17, 15) is 9.59 Å². The van der Waals surface area contributed by atoms with Crippen LogP contribution in [0.25, 0.3) is 16.6 Å². The highest BCUT2D eigenvalue weighted by atomic mass is 35.5. The van der Waals surface area contributed by atoms with Gasteiger partial charge in [0.15, 0.2) is 0 Å². The van der Waals surface area contributed by atoms with Gasteiger partial charge in [-0.25, -0.2) is 4.68 Å². The lowest BCUT2D eigenvalue weighted by Crippen LogP contribution is -2.40. The molecule has 1 fully saturated rings. The molecule has 3 heterocycles. The minimum atomic E-state index is -0.212. The van der Waals surface area contributed by atoms with Crippen LogP contribution in [0.3, 0.4) is 0 Å². The summed E-state index contributed by atoms with van der Waals surface area (Å²) < 4.78 is 13.0. The summed E-state index contributed by atoms with van der Waals surface area (Å²) >= 11 is 6.08. The smallest absolute Gasteiger partial charge is 0.254 e. The van der Waals surface area contributed by atoms with Gasteiger partial charge in [-0.3, -0.25) is 9.59 Å². The molecule has 1 aliphatic heterocycles. The Kier molecular flexibility index (Phi) is 7.21. The van der Waals surface area contributed by atoms with Crippen LogP contribution < -0.4 is 10.1 Å². The molecule has 2 N–H and O–H groups in total. The molecule has 0 bridgehead atoms. The molecule has 0 atom stereocenters. The Morgan fingerprint density at radius 3 is 2.59 bits per heavy atom. The Morgan fingerprint density at radius 1 is 1.02 bits per heavy atom. The van der Waals surface area contributed by atoms with Crippen molar-refractivity contribution in [2.75, 3.05) is 38.7 Å². The van der Waals surface area contributed by atoms with Crippen molar-refractivity contribution in [1.82, 2.24) is 19.7 Å². The Labute approximate surface area is 241 Å². The third-order valence-electron chi connectivity index (χ3n) is 7.09. The standard InChI is InChI=1S/C31H28ClN5O4/c1-19-14-24(41-23-5-3-4-22(32)17-23)7-9-28(19)37-30(33-2)25(18-34-37)29(38)27-16-21-15-20(6-8-26(21)35-27)31(39)36-10-12-40-13-11-36/h3-9,14-18,33,35H,10-13H2,1-2H3. The van der Waals surface area contributed by atoms with Gasteiger partial charge in [0.2, 0.25) is 5.78 Å². The summed E-state index contributed by atoms with van der Waals surface area (Å²) in [7, 11) is 1.75. The minimum absolute atomic E-state index is 0.0395. The fourth-order valence-corrected chi connectivity index (χ4v) is 5.20. The average Bonchev–Trinajstić information content (AvgIpc) is 3.61. The first kappa shape index (κ1) is 26.6. The van der Waals surface area contributed by atoms with Gasteiger partial charge in [0.25, 0.3) is 5.91 Å². The monoisotopic (exact) mass is 569 g/mol. The molecular weight excluding hydrogens is 542 g/mol. The molecule has 41 heavy (non-hydrogen) atoms. The normalized spacial score (nSPS) is 13.4. The summed E-state index contributed by atoms with van der Waals surface area (Å²) in [6.45, 7) is 4.18. The zero-order valence-corrected chi connectivity index (χ0v) is 23.4. The average molecular weight is 570 g/mol. The first-order valence-electron chi connectivity index (χ1n) is 13.3. The maximum Gasteiger partial charge on any atom is 0.254 e. The van der Waals surface area contributed by atoms with E-state index in [0.29, 0.717) is 65.5 Å². The molecule has 3 aromatic carbocycles. The molecule has 0 aliphatic carbocycles. The lowest BCUT2D eigenvalue weighted by Gasteiger charge is -2.26. The van der Waals surface area contributed by atoms with Crippen LogP contribution in [0, 0.1) is 6.92 Å². The molecule has 0 unspecified atom stereocenters. The summed E-state index contributed by atoms with van der Waals surface area (Å²) in [6.07, 6.45) is 1.56. The van der Waals surface area contributed by atoms with Crippen molar-refractivity contribution >= 4 is 40.0 Å². The van der Waals surface area contributed by atoms with Crippen molar-refractivity contribution < 1.29 is 19.1 Å². The molecular formula is C31H28ClN5O4. The Morgan fingerprint density at radius 2 is 1.83 bits per heavy atom. The van der Waals surface area contributed by atoms with Gasteiger partial charge < -0.3 is 24.7 Å². The van der Waals surface area contributed by atoms with E-state index in [2.05, 4.69) is 15.4 Å². The minimum Gasteiger partial charge on any atom is -0.457 e. The number of nitrogens with one attached hydrogen (secondary N) is 2. The number of amides is 1. The summed E-state index contributed by atoms with van der Waals surface area (Å²) in [6, 6.07) is 20.1. The number of ketones is 1. The van der Waals surface area contributed by atoms with E-state index >= 15 is 0 Å². The number of morpholine rings is 1. The van der Waals surface area contributed by atoms with Crippen LogP contribution in [0.4, 0.5) is 5.82 Å². The maximum atomic E-state index is 13.6. The maximum absolute atomic E-state index is 13.6. The molecule has 1 aliphatic rings. The second-order valence-electron chi connectivity index (χ2n) is 9.80. The van der Waals surface area contributed by atoms with Gasteiger partial charge in [-0.2, -0.15) is 5.10 Å². The van der Waals surface area contributed by atoms with Crippen LogP contribution in [0.1, 0.15) is 32.0 Å². The molecule has 6 rings (SSSR count). The second-order valence-corrected chi connectivity index (χ2v) is 10.2. The van der Waals surface area contributed by atoms with Gasteiger partial charge in [0.1, 0.15) is 17.3 Å². The van der Waals surface area contributed by atoms with Gasteiger partial charge in [-0.05, 0) is 73.2 Å². The van der Waals surface area contributed by atoms with E-state index in [1.165, 1.54) is 0 Å². The van der Waals surface area contributed by atoms with Gasteiger partial charge >= 0.3 is 0 Å². The number of carbonyl (C=O) groups excluding carboxylic acids is 2. The van der Waals surface area contributed by atoms with E-state index in [0.717, 1.165) is 22.2 Å². The number of H-pyrrole nitrogens is 1. The number of aromatic amines is 1. The van der Waals surface area contributed by atoms with Crippen molar-refractivity contribution in [2.45, 2.75) is 6.92 Å². The van der Waals surface area contributed by atoms with E-state index in [-0.39, 0.29) is 11.7 Å². The topological polar surface area (TPSA) is 101 Å². The van der Waals surface area contributed by atoms with E-state index in [1.807, 2.05) is 49.4 Å². The number of rotatable bonds is 7. The number of carbonyl (C=O) groups is 2. The van der Waals surface area contributed by atoms with Crippen molar-refractivity contribution in [2.24, 2.45) is 0 Å². The zero-order valence-electron chi connectivity index (χ0n) is 22.6. The molecule has 0 radical (unpaired) electrons. The van der Waals surface area contributed by atoms with Crippen molar-refractivity contribution in [3.63, 3.8) is 0 Å². The number of benzene rings is 3. The number of ether oxygens (including phenoxy) is 2. The van der Waals surface area contributed by atoms with Crippen LogP contribution in [-0.4, -0.2) is 64.7 Å². The van der Waals surface area contributed by atoms with Crippen LogP contribution in [0.15, 0.2) is 72.9 Å². The van der Waals surface area contributed by atoms with Crippen molar-refractivity contribution in [1.29, 1.82) is 0 Å². The number of hydrogen-bond donors (Lipinski definition) is 2. The lowest BCUT2D eigenvalue weighted by molar-refractivity contribution is 0.0303. The van der Waals surface area contributed by atoms with Gasteiger partial charge in [-0.15, -0.1) is 0 Å². The predicted octanol–water partition coefficient (Wildman–Crippen LogP) is 5.85. The number of aromatic nitrogens is 3. The fourth-order valence-electron chi connectivity index (χ4n) is 5.02. The third kappa shape index (κ3) is 5.29. The number of halogens is 1. The quantitative estimate of drug-likeness (QED) is 0.238. The fraction of sp³-hybridized carbons (Fsp3) is 0.194. The van der Waals surface area contributed by atoms with Crippen LogP contribution in [-0.2, 0) is 4.74 Å². The summed E-state index contributed by atoms with van der Waals surface area (Å²) in [5.74, 6) is 1.61. The van der Waals surface area contributed by atoms with Crippen LogP contribution in [0.2, 0.25) is 5.02 Å². The summed E-state index contributed by atoms with van der Waals surface area (Å²) in [5, 5.41) is 9.05. The van der Waals surface area contributed by atoms with Crippen molar-refractivity contribution in [3.8, 4) is 17.2 Å². The summed E-state index contributed by atoms with van der Waals surface area (Å²) in [5.41, 5.74) is 3.90. The number of fused-ring (bicyclic) bond motifs is 1. The Hall–Kier alpha value is -4.60. The molecule has 0 saturated carbocycles. The molecule has 208 valence electrons. The SMILES string of the molecule is CNc1c(C(=O)c2cc3cc(C(=O)N4CCOCC4)ccc3[nH]2)cnn1-c1ccc(Oc2cccc(Cl)c2)cc1C. The molecule has 1 amide bonds. The molecule has 10 heteroatoms. The van der Waals surface area contributed by atoms with E-state index < -0.39 is 0 Å². The molecule has 2 aromatic heterocycles. The highest BCUT2D eigenvalue weighted by molar-refractivity contribution is 6.30. The van der Waals surface area contributed by atoms with Crippen molar-refractivity contribution in [3.05, 3.63) is 100 Å². The molecule has 9 nitrogen and oxygen atoms in total. The van der Waals surface area contributed by atoms with Crippen LogP contribution in [0.5, 0.6) is 11.5 Å². The Bertz CT molecular complexity index is 1770. The molecule has 5 aromatic rings. The van der Waals surface area contributed by atoms with Gasteiger partial charge in [0.05, 0.1) is 36.4 Å². The van der Waals surface area contributed by atoms with Gasteiger partial charge in [0, 0.05) is 41.6 Å². The molecule has 0 spiro atoms. The number of hydrogen-bond acceptors (Lipinski definition) is 6. The number of nitrogens with zero attached hydrogens (tertiary/aromatic N) is 3. The lowest BCUT2D eigenvalue weighted by atomic mass is 10.1.